The van der Waals surface area contributed by atoms with Crippen molar-refractivity contribution in [1.82, 2.24) is 0 Å². The van der Waals surface area contributed by atoms with Crippen molar-refractivity contribution < 1.29 is 14.6 Å². The number of hydrogen-bond donors (Lipinski definition) is 4. The Hall–Kier alpha value is -0.240. The standard InChI is InChI=1S/C10H25N3O3/c1-3-16-7-9(13)10(14,4-5-11)8(12)6-15-2/h8-9,14H,3-7,11-13H2,1-2H3. The van der Waals surface area contributed by atoms with Gasteiger partial charge in [0, 0.05) is 13.7 Å². The Bertz CT molecular complexity index is 183. The first kappa shape index (κ1) is 15.8. The molecule has 0 aliphatic carbocycles. The van der Waals surface area contributed by atoms with Crippen molar-refractivity contribution in [2.75, 3.05) is 33.5 Å². The lowest BCUT2D eigenvalue weighted by Crippen LogP contribution is -2.63. The molecule has 0 aromatic rings. The van der Waals surface area contributed by atoms with Crippen molar-refractivity contribution in [3.05, 3.63) is 0 Å². The first-order chi connectivity index (χ1) is 7.52. The highest BCUT2D eigenvalue weighted by molar-refractivity contribution is 4.98. The largest absolute Gasteiger partial charge is 0.386 e. The minimum absolute atomic E-state index is 0.232. The van der Waals surface area contributed by atoms with E-state index in [1.54, 1.807) is 0 Å². The van der Waals surface area contributed by atoms with Crippen molar-refractivity contribution >= 4 is 0 Å². The van der Waals surface area contributed by atoms with Crippen LogP contribution in [0.2, 0.25) is 0 Å². The van der Waals surface area contributed by atoms with E-state index in [9.17, 15) is 5.11 Å². The van der Waals surface area contributed by atoms with Gasteiger partial charge in [0.2, 0.25) is 0 Å². The highest BCUT2D eigenvalue weighted by Crippen LogP contribution is 2.18. The van der Waals surface area contributed by atoms with Gasteiger partial charge in [-0.05, 0) is 19.9 Å². The van der Waals surface area contributed by atoms with Crippen molar-refractivity contribution in [2.24, 2.45) is 17.2 Å². The van der Waals surface area contributed by atoms with Gasteiger partial charge in [0.1, 0.15) is 5.60 Å². The van der Waals surface area contributed by atoms with Crippen LogP contribution in [0.3, 0.4) is 0 Å². The van der Waals surface area contributed by atoms with Gasteiger partial charge in [0.05, 0.1) is 25.3 Å². The van der Waals surface area contributed by atoms with E-state index in [4.69, 9.17) is 26.7 Å². The highest BCUT2D eigenvalue weighted by Gasteiger charge is 2.39. The van der Waals surface area contributed by atoms with Crippen molar-refractivity contribution in [3.63, 3.8) is 0 Å². The summed E-state index contributed by atoms with van der Waals surface area (Å²) in [6.45, 7) is 3.21. The molecule has 0 aromatic carbocycles. The zero-order valence-electron chi connectivity index (χ0n) is 10.2. The predicted molar refractivity (Wildman–Crippen MR) is 62.9 cm³/mol. The quantitative estimate of drug-likeness (QED) is 0.382. The molecule has 0 amide bonds. The zero-order valence-corrected chi connectivity index (χ0v) is 10.2. The van der Waals surface area contributed by atoms with Crippen LogP contribution in [-0.2, 0) is 9.47 Å². The van der Waals surface area contributed by atoms with E-state index in [2.05, 4.69) is 0 Å². The monoisotopic (exact) mass is 235 g/mol. The highest BCUT2D eigenvalue weighted by atomic mass is 16.5. The first-order valence-electron chi connectivity index (χ1n) is 5.53. The van der Waals surface area contributed by atoms with Crippen LogP contribution in [0.5, 0.6) is 0 Å². The van der Waals surface area contributed by atoms with Gasteiger partial charge >= 0.3 is 0 Å². The maximum Gasteiger partial charge on any atom is 0.100 e. The van der Waals surface area contributed by atoms with Gasteiger partial charge in [-0.15, -0.1) is 0 Å². The summed E-state index contributed by atoms with van der Waals surface area (Å²) in [5.74, 6) is 0. The smallest absolute Gasteiger partial charge is 0.100 e. The molecule has 3 unspecified atom stereocenters. The van der Waals surface area contributed by atoms with Gasteiger partial charge in [-0.1, -0.05) is 0 Å². The second kappa shape index (κ2) is 7.94. The lowest BCUT2D eigenvalue weighted by atomic mass is 9.84. The van der Waals surface area contributed by atoms with E-state index in [0.717, 1.165) is 0 Å². The van der Waals surface area contributed by atoms with Crippen LogP contribution in [0.15, 0.2) is 0 Å². The van der Waals surface area contributed by atoms with Crippen molar-refractivity contribution in [2.45, 2.75) is 31.0 Å². The second-order valence-electron chi connectivity index (χ2n) is 3.86. The Morgan fingerprint density at radius 2 is 1.81 bits per heavy atom. The fraction of sp³-hybridized carbons (Fsp3) is 1.00. The SMILES string of the molecule is CCOCC(N)C(O)(CCN)C(N)COC. The number of rotatable bonds is 9. The molecular weight excluding hydrogens is 210 g/mol. The van der Waals surface area contributed by atoms with Crippen LogP contribution in [0.4, 0.5) is 0 Å². The average molecular weight is 235 g/mol. The summed E-state index contributed by atoms with van der Waals surface area (Å²) in [7, 11) is 1.52. The maximum atomic E-state index is 10.4. The molecule has 16 heavy (non-hydrogen) atoms. The lowest BCUT2D eigenvalue weighted by Gasteiger charge is -2.38. The van der Waals surface area contributed by atoms with Crippen LogP contribution in [0, 0.1) is 0 Å². The molecule has 7 N–H and O–H groups in total. The molecule has 3 atom stereocenters. The molecule has 98 valence electrons. The number of ether oxygens (including phenoxy) is 2. The summed E-state index contributed by atoms with van der Waals surface area (Å²) in [5.41, 5.74) is 16.0. The van der Waals surface area contributed by atoms with Gasteiger partial charge in [-0.2, -0.15) is 0 Å². The van der Waals surface area contributed by atoms with Crippen LogP contribution in [0.1, 0.15) is 13.3 Å². The molecule has 0 heterocycles. The van der Waals surface area contributed by atoms with Crippen LogP contribution in [0.25, 0.3) is 0 Å². The van der Waals surface area contributed by atoms with Gasteiger partial charge in [-0.25, -0.2) is 0 Å². The molecule has 0 rings (SSSR count). The third kappa shape index (κ3) is 4.32. The molecule has 0 saturated heterocycles. The normalized spacial score (nSPS) is 19.1. The third-order valence-electron chi connectivity index (χ3n) is 2.68. The Morgan fingerprint density at radius 1 is 1.25 bits per heavy atom. The summed E-state index contributed by atoms with van der Waals surface area (Å²) in [4.78, 5) is 0. The van der Waals surface area contributed by atoms with Gasteiger partial charge in [-0.3, -0.25) is 0 Å². The van der Waals surface area contributed by atoms with Gasteiger partial charge in [0.25, 0.3) is 0 Å². The van der Waals surface area contributed by atoms with E-state index in [1.165, 1.54) is 7.11 Å². The summed E-state index contributed by atoms with van der Waals surface area (Å²) >= 11 is 0. The van der Waals surface area contributed by atoms with E-state index < -0.39 is 17.7 Å². The summed E-state index contributed by atoms with van der Waals surface area (Å²) in [5, 5.41) is 10.4. The van der Waals surface area contributed by atoms with Gasteiger partial charge in [0.15, 0.2) is 0 Å². The average Bonchev–Trinajstić information content (AvgIpc) is 2.26. The molecule has 0 aliphatic heterocycles. The van der Waals surface area contributed by atoms with E-state index >= 15 is 0 Å². The van der Waals surface area contributed by atoms with E-state index in [0.29, 0.717) is 19.6 Å². The van der Waals surface area contributed by atoms with Crippen LogP contribution < -0.4 is 17.2 Å². The fourth-order valence-electron chi connectivity index (χ4n) is 1.59. The lowest BCUT2D eigenvalue weighted by molar-refractivity contribution is -0.0563. The van der Waals surface area contributed by atoms with Crippen LogP contribution >= 0.6 is 0 Å². The third-order valence-corrected chi connectivity index (χ3v) is 2.68. The Morgan fingerprint density at radius 3 is 2.25 bits per heavy atom. The first-order valence-corrected chi connectivity index (χ1v) is 5.53. The number of methoxy groups -OCH3 is 1. The Balaban J connectivity index is 4.51. The summed E-state index contributed by atoms with van der Waals surface area (Å²) in [6, 6.07) is -1.14. The van der Waals surface area contributed by atoms with E-state index in [1.807, 2.05) is 6.92 Å². The zero-order chi connectivity index (χ0) is 12.6. The molecule has 0 spiro atoms. The minimum atomic E-state index is -1.25. The summed E-state index contributed by atoms with van der Waals surface area (Å²) in [6.07, 6.45) is 0.325. The number of hydrogen-bond acceptors (Lipinski definition) is 6. The Labute approximate surface area is 97.1 Å². The molecule has 0 radical (unpaired) electrons. The predicted octanol–water partition coefficient (Wildman–Crippen LogP) is -1.60. The number of nitrogens with two attached hydrogens (primary N) is 3. The second-order valence-corrected chi connectivity index (χ2v) is 3.86. The molecule has 0 aliphatic rings. The molecule has 0 saturated carbocycles. The maximum absolute atomic E-state index is 10.4. The topological polar surface area (TPSA) is 117 Å². The Kier molecular flexibility index (Phi) is 7.82. The van der Waals surface area contributed by atoms with Crippen LogP contribution in [-0.4, -0.2) is 56.3 Å². The van der Waals surface area contributed by atoms with E-state index in [-0.39, 0.29) is 13.2 Å². The van der Waals surface area contributed by atoms with Crippen molar-refractivity contribution in [1.29, 1.82) is 0 Å². The van der Waals surface area contributed by atoms with Gasteiger partial charge < -0.3 is 31.8 Å². The molecule has 6 heteroatoms. The number of aliphatic hydroxyl groups is 1. The van der Waals surface area contributed by atoms with Crippen molar-refractivity contribution in [3.8, 4) is 0 Å². The molecule has 0 bridgehead atoms. The molecular formula is C10H25N3O3. The molecule has 6 nitrogen and oxygen atoms in total. The minimum Gasteiger partial charge on any atom is -0.386 e. The summed E-state index contributed by atoms with van der Waals surface area (Å²) < 4.78 is 10.1. The molecule has 0 aromatic heterocycles. The molecule has 0 fully saturated rings. The fourth-order valence-corrected chi connectivity index (χ4v) is 1.59.